The minimum absolute atomic E-state index is 0.364. The van der Waals surface area contributed by atoms with E-state index in [4.69, 9.17) is 5.11 Å². The number of hydrogen-bond donors (Lipinski definition) is 2. The second kappa shape index (κ2) is 2.51. The van der Waals surface area contributed by atoms with Gasteiger partial charge in [-0.3, -0.25) is 4.79 Å². The molecular weight excluding hydrogens is 158 g/mol. The summed E-state index contributed by atoms with van der Waals surface area (Å²) in [4.78, 5) is 10.6. The molecular formula is C7H9N3O2. The van der Waals surface area contributed by atoms with Crippen LogP contribution in [0.2, 0.25) is 0 Å². The number of aliphatic carboxylic acids is 1. The standard InChI is InChI=1S/C7H9N3O2/c11-7(12)5-3-8-6-1-2-9-10(6)4-5/h1-2,5,8H,3-4H2,(H,11,12). The summed E-state index contributed by atoms with van der Waals surface area (Å²) in [6.07, 6.45) is 1.66. The SMILES string of the molecule is O=C(O)C1CNc2ccnn2C1. The maximum Gasteiger partial charge on any atom is 0.310 e. The lowest BCUT2D eigenvalue weighted by Crippen LogP contribution is -2.33. The Hall–Kier alpha value is -1.52. The first kappa shape index (κ1) is 7.15. The molecule has 0 amide bonds. The van der Waals surface area contributed by atoms with Crippen LogP contribution in [0.1, 0.15) is 0 Å². The van der Waals surface area contributed by atoms with Crippen molar-refractivity contribution in [2.24, 2.45) is 5.92 Å². The van der Waals surface area contributed by atoms with Crippen molar-refractivity contribution in [3.8, 4) is 0 Å². The average Bonchev–Trinajstić information content (AvgIpc) is 2.49. The van der Waals surface area contributed by atoms with Crippen LogP contribution in [0.5, 0.6) is 0 Å². The van der Waals surface area contributed by atoms with Crippen LogP contribution in [0.15, 0.2) is 12.3 Å². The minimum Gasteiger partial charge on any atom is -0.481 e. The van der Waals surface area contributed by atoms with Crippen LogP contribution in [-0.4, -0.2) is 27.4 Å². The van der Waals surface area contributed by atoms with Crippen molar-refractivity contribution in [3.05, 3.63) is 12.3 Å². The Morgan fingerprint density at radius 2 is 2.67 bits per heavy atom. The summed E-state index contributed by atoms with van der Waals surface area (Å²) in [5.74, 6) is -0.242. The fraction of sp³-hybridized carbons (Fsp3) is 0.429. The Balaban J connectivity index is 2.20. The Morgan fingerprint density at radius 1 is 1.83 bits per heavy atom. The van der Waals surface area contributed by atoms with Gasteiger partial charge in [0, 0.05) is 12.6 Å². The summed E-state index contributed by atoms with van der Waals surface area (Å²) in [5.41, 5.74) is 0. The number of rotatable bonds is 1. The molecule has 12 heavy (non-hydrogen) atoms. The van der Waals surface area contributed by atoms with Crippen molar-refractivity contribution < 1.29 is 9.90 Å². The van der Waals surface area contributed by atoms with E-state index in [9.17, 15) is 4.79 Å². The topological polar surface area (TPSA) is 67.2 Å². The smallest absolute Gasteiger partial charge is 0.310 e. The van der Waals surface area contributed by atoms with E-state index < -0.39 is 5.97 Å². The first-order valence-electron chi connectivity index (χ1n) is 3.76. The van der Waals surface area contributed by atoms with Crippen LogP contribution in [0.3, 0.4) is 0 Å². The summed E-state index contributed by atoms with van der Waals surface area (Å²) in [5, 5.41) is 15.7. The molecule has 0 spiro atoms. The van der Waals surface area contributed by atoms with E-state index in [1.165, 1.54) is 0 Å². The number of nitrogens with zero attached hydrogens (tertiary/aromatic N) is 2. The van der Waals surface area contributed by atoms with E-state index in [2.05, 4.69) is 10.4 Å². The molecule has 0 fully saturated rings. The van der Waals surface area contributed by atoms with Gasteiger partial charge in [-0.15, -0.1) is 0 Å². The lowest BCUT2D eigenvalue weighted by atomic mass is 10.1. The first-order chi connectivity index (χ1) is 5.77. The number of anilines is 1. The van der Waals surface area contributed by atoms with Crippen LogP contribution in [0, 0.1) is 5.92 Å². The Kier molecular flexibility index (Phi) is 1.49. The molecule has 2 rings (SSSR count). The molecule has 1 atom stereocenters. The molecule has 0 saturated heterocycles. The first-order valence-corrected chi connectivity index (χ1v) is 3.76. The second-order valence-corrected chi connectivity index (χ2v) is 2.81. The molecule has 1 unspecified atom stereocenters. The van der Waals surface area contributed by atoms with Crippen LogP contribution in [-0.2, 0) is 11.3 Å². The molecule has 5 nitrogen and oxygen atoms in total. The molecule has 1 aliphatic heterocycles. The fourth-order valence-corrected chi connectivity index (χ4v) is 1.29. The number of hydrogen-bond acceptors (Lipinski definition) is 3. The van der Waals surface area contributed by atoms with Gasteiger partial charge in [-0.25, -0.2) is 4.68 Å². The van der Waals surface area contributed by atoms with Crippen molar-refractivity contribution in [1.29, 1.82) is 0 Å². The predicted molar refractivity (Wildman–Crippen MR) is 41.8 cm³/mol. The third kappa shape index (κ3) is 1.03. The summed E-state index contributed by atoms with van der Waals surface area (Å²) >= 11 is 0. The third-order valence-electron chi connectivity index (χ3n) is 1.99. The number of nitrogens with one attached hydrogen (secondary N) is 1. The van der Waals surface area contributed by atoms with Crippen molar-refractivity contribution in [3.63, 3.8) is 0 Å². The normalized spacial score (nSPS) is 21.2. The highest BCUT2D eigenvalue weighted by Crippen LogP contribution is 2.15. The Bertz CT molecular complexity index is 307. The molecule has 5 heteroatoms. The summed E-state index contributed by atoms with van der Waals surface area (Å²) in [6, 6.07) is 1.83. The Morgan fingerprint density at radius 3 is 3.42 bits per heavy atom. The van der Waals surface area contributed by atoms with Gasteiger partial charge in [-0.1, -0.05) is 0 Å². The predicted octanol–water partition coefficient (Wildman–Crippen LogP) is 0.00940. The van der Waals surface area contributed by atoms with E-state index >= 15 is 0 Å². The molecule has 0 aliphatic carbocycles. The van der Waals surface area contributed by atoms with Gasteiger partial charge in [0.25, 0.3) is 0 Å². The van der Waals surface area contributed by atoms with E-state index in [1.54, 1.807) is 10.9 Å². The molecule has 64 valence electrons. The lowest BCUT2D eigenvalue weighted by Gasteiger charge is -2.21. The Labute approximate surface area is 69.0 Å². The van der Waals surface area contributed by atoms with Crippen molar-refractivity contribution >= 4 is 11.8 Å². The van der Waals surface area contributed by atoms with Gasteiger partial charge >= 0.3 is 5.97 Å². The zero-order chi connectivity index (χ0) is 8.55. The summed E-state index contributed by atoms with van der Waals surface area (Å²) < 4.78 is 1.67. The van der Waals surface area contributed by atoms with Gasteiger partial charge in [-0.2, -0.15) is 5.10 Å². The van der Waals surface area contributed by atoms with Gasteiger partial charge < -0.3 is 10.4 Å². The van der Waals surface area contributed by atoms with Crippen molar-refractivity contribution in [2.75, 3.05) is 11.9 Å². The van der Waals surface area contributed by atoms with E-state index in [1.807, 2.05) is 6.07 Å². The zero-order valence-electron chi connectivity index (χ0n) is 6.40. The molecule has 0 bridgehead atoms. The number of fused-ring (bicyclic) bond motifs is 1. The highest BCUT2D eigenvalue weighted by atomic mass is 16.4. The van der Waals surface area contributed by atoms with E-state index in [0.29, 0.717) is 13.1 Å². The van der Waals surface area contributed by atoms with Crippen molar-refractivity contribution in [1.82, 2.24) is 9.78 Å². The molecule has 1 aromatic heterocycles. The van der Waals surface area contributed by atoms with Crippen molar-refractivity contribution in [2.45, 2.75) is 6.54 Å². The zero-order valence-corrected chi connectivity index (χ0v) is 6.40. The maximum absolute atomic E-state index is 10.6. The largest absolute Gasteiger partial charge is 0.481 e. The number of carboxylic acid groups (broad SMARTS) is 1. The van der Waals surface area contributed by atoms with Crippen LogP contribution >= 0.6 is 0 Å². The minimum atomic E-state index is -0.774. The molecule has 2 heterocycles. The molecule has 0 saturated carbocycles. The van der Waals surface area contributed by atoms with Gasteiger partial charge in [0.05, 0.1) is 18.7 Å². The highest BCUT2D eigenvalue weighted by Gasteiger charge is 2.23. The van der Waals surface area contributed by atoms with Crippen LogP contribution < -0.4 is 5.32 Å². The molecule has 0 aromatic carbocycles. The molecule has 1 aliphatic rings. The highest BCUT2D eigenvalue weighted by molar-refractivity contribution is 5.71. The van der Waals surface area contributed by atoms with Crippen LogP contribution in [0.25, 0.3) is 0 Å². The molecule has 2 N–H and O–H groups in total. The second-order valence-electron chi connectivity index (χ2n) is 2.81. The van der Waals surface area contributed by atoms with E-state index in [-0.39, 0.29) is 5.92 Å². The summed E-state index contributed by atoms with van der Waals surface area (Å²) in [6.45, 7) is 0.950. The summed E-state index contributed by atoms with van der Waals surface area (Å²) in [7, 11) is 0. The van der Waals surface area contributed by atoms with E-state index in [0.717, 1.165) is 5.82 Å². The number of carboxylic acids is 1. The fourth-order valence-electron chi connectivity index (χ4n) is 1.29. The quantitative estimate of drug-likeness (QED) is 0.618. The maximum atomic E-state index is 10.6. The lowest BCUT2D eigenvalue weighted by molar-refractivity contribution is -0.141. The number of carbonyl (C=O) groups is 1. The van der Waals surface area contributed by atoms with Crippen LogP contribution in [0.4, 0.5) is 5.82 Å². The molecule has 1 aromatic rings. The van der Waals surface area contributed by atoms with Gasteiger partial charge in [0.1, 0.15) is 5.82 Å². The molecule has 0 radical (unpaired) electrons. The third-order valence-corrected chi connectivity index (χ3v) is 1.99. The van der Waals surface area contributed by atoms with Gasteiger partial charge in [0.15, 0.2) is 0 Å². The number of aromatic nitrogens is 2. The van der Waals surface area contributed by atoms with Gasteiger partial charge in [0.2, 0.25) is 0 Å². The monoisotopic (exact) mass is 167 g/mol. The van der Waals surface area contributed by atoms with Gasteiger partial charge in [-0.05, 0) is 0 Å². The average molecular weight is 167 g/mol.